The Kier molecular flexibility index (Phi) is 2.66. The third kappa shape index (κ3) is 2.44. The number of amides is 1. The van der Waals surface area contributed by atoms with Crippen molar-refractivity contribution < 1.29 is 14.2 Å². The Hall–Kier alpha value is -0.650. The molecule has 0 aromatic carbocycles. The van der Waals surface area contributed by atoms with Gasteiger partial charge in [0.05, 0.1) is 7.05 Å². The van der Waals surface area contributed by atoms with Gasteiger partial charge in [-0.25, -0.2) is 0 Å². The number of carbonyl (C=O) groups excluding carboxylic acids is 1. The summed E-state index contributed by atoms with van der Waals surface area (Å²) in [4.78, 5) is 10.9. The standard InChI is InChI=1S/C7H14N2O3/c1-9(11)3-6(4-9)8-7(10)5-12-2/h6H,3-5H2,1-2H3,(H,8,10). The maximum atomic E-state index is 11.1. The fourth-order valence-electron chi connectivity index (χ4n) is 1.37. The minimum Gasteiger partial charge on any atom is -0.633 e. The van der Waals surface area contributed by atoms with Crippen LogP contribution in [0.4, 0.5) is 0 Å². The minimum absolute atomic E-state index is 0.0372. The van der Waals surface area contributed by atoms with Gasteiger partial charge in [0, 0.05) is 7.11 Å². The van der Waals surface area contributed by atoms with Gasteiger partial charge in [-0.05, 0) is 0 Å². The van der Waals surface area contributed by atoms with Crippen LogP contribution in [-0.2, 0) is 9.53 Å². The second-order valence-corrected chi connectivity index (χ2v) is 3.36. The molecule has 0 atom stereocenters. The molecule has 5 nitrogen and oxygen atoms in total. The van der Waals surface area contributed by atoms with Crippen LogP contribution < -0.4 is 5.32 Å². The summed E-state index contributed by atoms with van der Waals surface area (Å²) in [6, 6.07) is 0.0372. The van der Waals surface area contributed by atoms with Crippen LogP contribution in [0.25, 0.3) is 0 Å². The zero-order valence-corrected chi connectivity index (χ0v) is 7.37. The summed E-state index contributed by atoms with van der Waals surface area (Å²) in [5.41, 5.74) is 0. The molecule has 0 spiro atoms. The van der Waals surface area contributed by atoms with Crippen LogP contribution >= 0.6 is 0 Å². The van der Waals surface area contributed by atoms with Gasteiger partial charge in [0.25, 0.3) is 0 Å². The first-order chi connectivity index (χ1) is 5.53. The Bertz CT molecular complexity index is 173. The minimum atomic E-state index is -0.252. The number of nitrogens with one attached hydrogen (secondary N) is 1. The van der Waals surface area contributed by atoms with Gasteiger partial charge in [0.1, 0.15) is 25.7 Å². The van der Waals surface area contributed by atoms with Gasteiger partial charge in [-0.2, -0.15) is 0 Å². The summed E-state index contributed by atoms with van der Waals surface area (Å²) < 4.78 is 4.38. The molecule has 1 saturated heterocycles. The first-order valence-corrected chi connectivity index (χ1v) is 3.87. The van der Waals surface area contributed by atoms with Crippen molar-refractivity contribution in [3.8, 4) is 0 Å². The first kappa shape index (κ1) is 9.44. The highest BCUT2D eigenvalue weighted by atomic mass is 16.5. The van der Waals surface area contributed by atoms with Crippen molar-refractivity contribution in [2.45, 2.75) is 6.04 Å². The van der Waals surface area contributed by atoms with E-state index in [4.69, 9.17) is 0 Å². The lowest BCUT2D eigenvalue weighted by Crippen LogP contribution is -2.66. The zero-order chi connectivity index (χ0) is 9.19. The molecule has 1 heterocycles. The van der Waals surface area contributed by atoms with Crippen molar-refractivity contribution in [2.24, 2.45) is 0 Å². The van der Waals surface area contributed by atoms with Gasteiger partial charge in [-0.3, -0.25) is 4.79 Å². The highest BCUT2D eigenvalue weighted by Crippen LogP contribution is 2.14. The largest absolute Gasteiger partial charge is 0.633 e. The molecule has 0 radical (unpaired) electrons. The van der Waals surface area contributed by atoms with Crippen LogP contribution in [0.15, 0.2) is 0 Å². The predicted molar refractivity (Wildman–Crippen MR) is 43.1 cm³/mol. The number of rotatable bonds is 3. The van der Waals surface area contributed by atoms with Crippen molar-refractivity contribution in [1.82, 2.24) is 5.32 Å². The number of carbonyl (C=O) groups is 1. The summed E-state index contributed by atoms with van der Waals surface area (Å²) in [5, 5.41) is 13.8. The Morgan fingerprint density at radius 3 is 2.75 bits per heavy atom. The van der Waals surface area contributed by atoms with Crippen LogP contribution in [0, 0.1) is 5.21 Å². The molecule has 1 amide bonds. The maximum absolute atomic E-state index is 11.1. The number of likely N-dealkylation sites (tertiary alicyclic amines) is 1. The maximum Gasteiger partial charge on any atom is 0.246 e. The fourth-order valence-corrected chi connectivity index (χ4v) is 1.37. The molecule has 0 saturated carbocycles. The average molecular weight is 174 g/mol. The van der Waals surface area contributed by atoms with Gasteiger partial charge < -0.3 is 19.9 Å². The Morgan fingerprint density at radius 1 is 1.75 bits per heavy atom. The summed E-state index contributed by atoms with van der Waals surface area (Å²) in [6.07, 6.45) is 0. The molecule has 0 aromatic rings. The molecule has 1 aliphatic rings. The van der Waals surface area contributed by atoms with E-state index in [1.54, 1.807) is 7.05 Å². The van der Waals surface area contributed by atoms with E-state index in [0.717, 1.165) is 0 Å². The van der Waals surface area contributed by atoms with E-state index >= 15 is 0 Å². The molecule has 1 N–H and O–H groups in total. The Labute approximate surface area is 71.5 Å². The summed E-state index contributed by atoms with van der Waals surface area (Å²) in [5.74, 6) is -0.151. The third-order valence-corrected chi connectivity index (χ3v) is 1.85. The van der Waals surface area contributed by atoms with E-state index in [1.165, 1.54) is 7.11 Å². The van der Waals surface area contributed by atoms with Crippen LogP contribution in [0.2, 0.25) is 0 Å². The van der Waals surface area contributed by atoms with E-state index in [2.05, 4.69) is 10.1 Å². The van der Waals surface area contributed by atoms with Crippen LogP contribution in [0.3, 0.4) is 0 Å². The van der Waals surface area contributed by atoms with E-state index in [1.807, 2.05) is 0 Å². The highest BCUT2D eigenvalue weighted by molar-refractivity contribution is 5.77. The average Bonchev–Trinajstić information content (AvgIpc) is 1.83. The number of methoxy groups -OCH3 is 1. The summed E-state index contributed by atoms with van der Waals surface area (Å²) in [6.45, 7) is 1.00. The van der Waals surface area contributed by atoms with E-state index in [9.17, 15) is 10.0 Å². The molecule has 70 valence electrons. The fraction of sp³-hybridized carbons (Fsp3) is 0.857. The van der Waals surface area contributed by atoms with Crippen molar-refractivity contribution in [3.63, 3.8) is 0 Å². The number of quaternary nitrogens is 1. The van der Waals surface area contributed by atoms with Crippen molar-refractivity contribution in [1.29, 1.82) is 0 Å². The lowest BCUT2D eigenvalue weighted by atomic mass is 10.1. The highest BCUT2D eigenvalue weighted by Gasteiger charge is 2.34. The number of hydrogen-bond acceptors (Lipinski definition) is 3. The molecule has 1 aliphatic heterocycles. The molecule has 0 aromatic heterocycles. The lowest BCUT2D eigenvalue weighted by molar-refractivity contribution is -0.903. The molecule has 1 rings (SSSR count). The Balaban J connectivity index is 2.14. The topological polar surface area (TPSA) is 61.4 Å². The quantitative estimate of drug-likeness (QED) is 0.444. The summed E-state index contributed by atoms with van der Waals surface area (Å²) >= 11 is 0. The molecule has 0 bridgehead atoms. The zero-order valence-electron chi connectivity index (χ0n) is 7.37. The smallest absolute Gasteiger partial charge is 0.246 e. The van der Waals surface area contributed by atoms with Gasteiger partial charge >= 0.3 is 0 Å². The molecular weight excluding hydrogens is 160 g/mol. The number of nitrogens with zero attached hydrogens (tertiary/aromatic N) is 1. The van der Waals surface area contributed by atoms with Crippen LogP contribution in [-0.4, -0.2) is 50.4 Å². The van der Waals surface area contributed by atoms with Gasteiger partial charge in [0.15, 0.2) is 0 Å². The second kappa shape index (κ2) is 3.38. The normalized spacial score (nSPS) is 34.1. The van der Waals surface area contributed by atoms with Gasteiger partial charge in [-0.15, -0.1) is 0 Å². The number of hydrogen-bond donors (Lipinski definition) is 1. The molecule has 0 aliphatic carbocycles. The molecular formula is C7H14N2O3. The predicted octanol–water partition coefficient (Wildman–Crippen LogP) is -0.924. The van der Waals surface area contributed by atoms with Crippen molar-refractivity contribution in [3.05, 3.63) is 5.21 Å². The van der Waals surface area contributed by atoms with E-state index < -0.39 is 0 Å². The molecule has 5 heteroatoms. The van der Waals surface area contributed by atoms with E-state index in [0.29, 0.717) is 13.1 Å². The second-order valence-electron chi connectivity index (χ2n) is 3.36. The first-order valence-electron chi connectivity index (χ1n) is 3.87. The van der Waals surface area contributed by atoms with Crippen LogP contribution in [0.5, 0.6) is 0 Å². The van der Waals surface area contributed by atoms with Gasteiger partial charge in [-0.1, -0.05) is 0 Å². The summed E-state index contributed by atoms with van der Waals surface area (Å²) in [7, 11) is 3.06. The number of hydroxylamine groups is 3. The number of ether oxygens (including phenoxy) is 1. The van der Waals surface area contributed by atoms with Crippen LogP contribution in [0.1, 0.15) is 0 Å². The third-order valence-electron chi connectivity index (χ3n) is 1.85. The number of likely N-dealkylation sites (N-methyl/N-ethyl adjacent to an activating group) is 1. The van der Waals surface area contributed by atoms with Crippen molar-refractivity contribution in [2.75, 3.05) is 33.9 Å². The monoisotopic (exact) mass is 174 g/mol. The molecule has 1 fully saturated rings. The molecule has 0 unspecified atom stereocenters. The van der Waals surface area contributed by atoms with E-state index in [-0.39, 0.29) is 23.2 Å². The Morgan fingerprint density at radius 2 is 2.33 bits per heavy atom. The van der Waals surface area contributed by atoms with Crippen molar-refractivity contribution >= 4 is 5.91 Å². The van der Waals surface area contributed by atoms with Gasteiger partial charge in [0.2, 0.25) is 5.91 Å². The lowest BCUT2D eigenvalue weighted by Gasteiger charge is -2.51. The SMILES string of the molecule is COCC(=O)NC1C[N+](C)([O-])C1. The molecule has 12 heavy (non-hydrogen) atoms.